The van der Waals surface area contributed by atoms with Gasteiger partial charge in [0.05, 0.1) is 0 Å². The Morgan fingerprint density at radius 1 is 1.05 bits per heavy atom. The van der Waals surface area contributed by atoms with Gasteiger partial charge >= 0.3 is 0 Å². The van der Waals surface area contributed by atoms with Crippen LogP contribution in [-0.2, 0) is 6.42 Å². The molecule has 0 saturated heterocycles. The number of thiophene rings is 1. The number of hydrogen-bond acceptors (Lipinski definition) is 2. The van der Waals surface area contributed by atoms with Crippen LogP contribution < -0.4 is 5.32 Å². The normalized spacial score (nSPS) is 12.7. The summed E-state index contributed by atoms with van der Waals surface area (Å²) in [5.74, 6) is 0. The van der Waals surface area contributed by atoms with Crippen molar-refractivity contribution in [1.29, 1.82) is 0 Å². The van der Waals surface area contributed by atoms with Gasteiger partial charge in [-0.3, -0.25) is 0 Å². The predicted octanol–water partition coefficient (Wildman–Crippen LogP) is 4.71. The average Bonchev–Trinajstić information content (AvgIpc) is 2.91. The molecule has 0 saturated carbocycles. The van der Waals surface area contributed by atoms with Crippen molar-refractivity contribution >= 4 is 22.1 Å². The molecule has 0 aliphatic carbocycles. The zero-order valence-electron chi connectivity index (χ0n) is 11.9. The average molecular weight is 281 g/mol. The van der Waals surface area contributed by atoms with E-state index in [1.165, 1.54) is 27.5 Å². The van der Waals surface area contributed by atoms with Crippen molar-refractivity contribution < 1.29 is 0 Å². The molecule has 1 heterocycles. The molecule has 2 heteroatoms. The second kappa shape index (κ2) is 5.78. The zero-order chi connectivity index (χ0) is 13.9. The summed E-state index contributed by atoms with van der Waals surface area (Å²) in [6, 6.07) is 15.7. The summed E-state index contributed by atoms with van der Waals surface area (Å²) in [5.41, 5.74) is 4.19. The van der Waals surface area contributed by atoms with Crippen molar-refractivity contribution in [2.24, 2.45) is 0 Å². The molecular weight excluding hydrogens is 262 g/mol. The highest BCUT2D eigenvalue weighted by molar-refractivity contribution is 7.08. The quantitative estimate of drug-likeness (QED) is 0.730. The third-order valence-corrected chi connectivity index (χ3v) is 4.75. The van der Waals surface area contributed by atoms with E-state index in [2.05, 4.69) is 65.5 Å². The molecule has 1 atom stereocenters. The first kappa shape index (κ1) is 13.3. The maximum atomic E-state index is 3.45. The van der Waals surface area contributed by atoms with Gasteiger partial charge in [-0.15, -0.1) is 0 Å². The van der Waals surface area contributed by atoms with Crippen LogP contribution in [0.2, 0.25) is 0 Å². The molecule has 102 valence electrons. The Balaban J connectivity index is 1.89. The van der Waals surface area contributed by atoms with Gasteiger partial charge < -0.3 is 5.32 Å². The summed E-state index contributed by atoms with van der Waals surface area (Å²) < 4.78 is 0. The Bertz CT molecular complexity index is 714. The Kier molecular flexibility index (Phi) is 3.86. The molecule has 0 bridgehead atoms. The molecule has 1 N–H and O–H groups in total. The van der Waals surface area contributed by atoms with Crippen LogP contribution in [-0.4, -0.2) is 7.05 Å². The van der Waals surface area contributed by atoms with Crippen LogP contribution in [0.25, 0.3) is 10.8 Å². The zero-order valence-corrected chi connectivity index (χ0v) is 12.7. The summed E-state index contributed by atoms with van der Waals surface area (Å²) >= 11 is 1.78. The second-order valence-corrected chi connectivity index (χ2v) is 5.98. The van der Waals surface area contributed by atoms with E-state index in [9.17, 15) is 0 Å². The molecule has 0 fully saturated rings. The van der Waals surface area contributed by atoms with E-state index in [4.69, 9.17) is 0 Å². The molecule has 20 heavy (non-hydrogen) atoms. The minimum absolute atomic E-state index is 0.391. The number of benzene rings is 2. The molecule has 1 aromatic heterocycles. The van der Waals surface area contributed by atoms with Gasteiger partial charge in [-0.2, -0.15) is 11.3 Å². The van der Waals surface area contributed by atoms with Gasteiger partial charge in [0.15, 0.2) is 0 Å². The molecule has 0 aliphatic rings. The van der Waals surface area contributed by atoms with Crippen molar-refractivity contribution in [2.75, 3.05) is 7.05 Å². The number of aryl methyl sites for hydroxylation is 1. The number of hydrogen-bond donors (Lipinski definition) is 1. The first-order valence-electron chi connectivity index (χ1n) is 6.95. The number of rotatable bonds is 4. The van der Waals surface area contributed by atoms with Gasteiger partial charge in [0.2, 0.25) is 0 Å². The van der Waals surface area contributed by atoms with E-state index < -0.39 is 0 Å². The van der Waals surface area contributed by atoms with Gasteiger partial charge in [-0.25, -0.2) is 0 Å². The molecule has 3 rings (SSSR count). The highest BCUT2D eigenvalue weighted by atomic mass is 32.1. The minimum atomic E-state index is 0.391. The topological polar surface area (TPSA) is 12.0 Å². The predicted molar refractivity (Wildman–Crippen MR) is 88.5 cm³/mol. The highest BCUT2D eigenvalue weighted by Gasteiger charge is 2.13. The molecule has 3 aromatic rings. The lowest BCUT2D eigenvalue weighted by molar-refractivity contribution is 0.591. The molecule has 0 amide bonds. The molecule has 1 nitrogen and oxygen atoms in total. The monoisotopic (exact) mass is 281 g/mol. The fourth-order valence-corrected chi connectivity index (χ4v) is 3.60. The summed E-state index contributed by atoms with van der Waals surface area (Å²) in [6.07, 6.45) is 1.03. The first-order valence-corrected chi connectivity index (χ1v) is 7.90. The van der Waals surface area contributed by atoms with Gasteiger partial charge in [0.1, 0.15) is 0 Å². The largest absolute Gasteiger partial charge is 0.313 e. The summed E-state index contributed by atoms with van der Waals surface area (Å²) in [7, 11) is 2.04. The smallest absolute Gasteiger partial charge is 0.0369 e. The lowest BCUT2D eigenvalue weighted by Gasteiger charge is -2.17. The van der Waals surface area contributed by atoms with Crippen molar-refractivity contribution in [3.8, 4) is 0 Å². The Morgan fingerprint density at radius 2 is 1.85 bits per heavy atom. The van der Waals surface area contributed by atoms with Gasteiger partial charge in [0.25, 0.3) is 0 Å². The maximum Gasteiger partial charge on any atom is 0.0369 e. The van der Waals surface area contributed by atoms with Crippen LogP contribution in [0.5, 0.6) is 0 Å². The van der Waals surface area contributed by atoms with Crippen LogP contribution in [0.15, 0.2) is 53.2 Å². The van der Waals surface area contributed by atoms with E-state index in [0.717, 1.165) is 6.42 Å². The number of likely N-dealkylation sites (N-methyl/N-ethyl adjacent to an activating group) is 1. The molecule has 0 radical (unpaired) electrons. The van der Waals surface area contributed by atoms with Crippen molar-refractivity contribution in [3.05, 3.63) is 69.9 Å². The first-order chi connectivity index (χ1) is 9.78. The van der Waals surface area contributed by atoms with Gasteiger partial charge in [0, 0.05) is 6.04 Å². The molecular formula is C18H19NS. The number of nitrogens with one attached hydrogen (secondary N) is 1. The van der Waals surface area contributed by atoms with Crippen molar-refractivity contribution in [3.63, 3.8) is 0 Å². The highest BCUT2D eigenvalue weighted by Crippen LogP contribution is 2.26. The summed E-state index contributed by atoms with van der Waals surface area (Å²) in [4.78, 5) is 0. The van der Waals surface area contributed by atoms with E-state index in [1.54, 1.807) is 11.3 Å². The van der Waals surface area contributed by atoms with E-state index in [0.29, 0.717) is 6.04 Å². The SMILES string of the molecule is CNC(Cc1ccc2ccccc2c1)c1cscc1C. The van der Waals surface area contributed by atoms with E-state index >= 15 is 0 Å². The van der Waals surface area contributed by atoms with Gasteiger partial charge in [-0.1, -0.05) is 42.5 Å². The Labute approximate surface area is 124 Å². The van der Waals surface area contributed by atoms with Crippen LogP contribution in [0, 0.1) is 6.92 Å². The molecule has 0 aliphatic heterocycles. The van der Waals surface area contributed by atoms with E-state index in [-0.39, 0.29) is 0 Å². The van der Waals surface area contributed by atoms with Crippen LogP contribution in [0.4, 0.5) is 0 Å². The molecule has 1 unspecified atom stereocenters. The molecule has 0 spiro atoms. The standard InChI is InChI=1S/C18H19NS/c1-13-11-20-12-17(13)18(19-2)10-14-7-8-15-5-3-4-6-16(15)9-14/h3-9,11-12,18-19H,10H2,1-2H3. The second-order valence-electron chi connectivity index (χ2n) is 5.24. The lowest BCUT2D eigenvalue weighted by atomic mass is 9.97. The van der Waals surface area contributed by atoms with Crippen LogP contribution in [0.3, 0.4) is 0 Å². The van der Waals surface area contributed by atoms with Gasteiger partial charge in [-0.05, 0) is 58.6 Å². The fraction of sp³-hybridized carbons (Fsp3) is 0.222. The summed E-state index contributed by atoms with van der Waals surface area (Å²) in [6.45, 7) is 2.19. The Morgan fingerprint density at radius 3 is 2.55 bits per heavy atom. The fourth-order valence-electron chi connectivity index (χ4n) is 2.70. The van der Waals surface area contributed by atoms with E-state index in [1.807, 2.05) is 7.05 Å². The summed E-state index contributed by atoms with van der Waals surface area (Å²) in [5, 5.41) is 10.6. The maximum absolute atomic E-state index is 3.45. The number of fused-ring (bicyclic) bond motifs is 1. The third-order valence-electron chi connectivity index (χ3n) is 3.87. The van der Waals surface area contributed by atoms with Crippen LogP contribution >= 0.6 is 11.3 Å². The Hall–Kier alpha value is -1.64. The van der Waals surface area contributed by atoms with Crippen LogP contribution in [0.1, 0.15) is 22.7 Å². The third kappa shape index (κ3) is 2.62. The lowest BCUT2D eigenvalue weighted by Crippen LogP contribution is -2.19. The molecule has 2 aromatic carbocycles. The minimum Gasteiger partial charge on any atom is -0.313 e. The van der Waals surface area contributed by atoms with Crippen molar-refractivity contribution in [1.82, 2.24) is 5.32 Å². The van der Waals surface area contributed by atoms with Crippen molar-refractivity contribution in [2.45, 2.75) is 19.4 Å².